The smallest absolute Gasteiger partial charge is 0.407 e. The van der Waals surface area contributed by atoms with Gasteiger partial charge in [0.1, 0.15) is 0 Å². The molecule has 0 aliphatic carbocycles. The second-order valence-corrected chi connectivity index (χ2v) is 5.04. The lowest BCUT2D eigenvalue weighted by Gasteiger charge is -2.24. The van der Waals surface area contributed by atoms with E-state index in [0.717, 1.165) is 10.5 Å². The van der Waals surface area contributed by atoms with E-state index in [1.807, 2.05) is 12.1 Å². The van der Waals surface area contributed by atoms with Crippen molar-refractivity contribution < 1.29 is 14.7 Å². The number of nitrogen functional groups attached to an aromatic ring is 1. The average molecular weight is 279 g/mol. The van der Waals surface area contributed by atoms with Crippen molar-refractivity contribution in [3.8, 4) is 0 Å². The van der Waals surface area contributed by atoms with Crippen LogP contribution < -0.4 is 5.73 Å². The lowest BCUT2D eigenvalue weighted by Crippen LogP contribution is -2.40. The Morgan fingerprint density at radius 2 is 1.95 bits per heavy atom. The second-order valence-electron chi connectivity index (χ2n) is 5.04. The number of amides is 2. The number of anilines is 1. The summed E-state index contributed by atoms with van der Waals surface area (Å²) in [7, 11) is 4.78. The molecule has 3 N–H and O–H groups in total. The van der Waals surface area contributed by atoms with Crippen molar-refractivity contribution in [3.63, 3.8) is 0 Å². The molecule has 1 rings (SSSR count). The topological polar surface area (TPSA) is 86.9 Å². The Hall–Kier alpha value is -2.24. The minimum atomic E-state index is -1.05. The van der Waals surface area contributed by atoms with Crippen molar-refractivity contribution in [2.45, 2.75) is 6.42 Å². The highest BCUT2D eigenvalue weighted by Gasteiger charge is 2.24. The van der Waals surface area contributed by atoms with Crippen molar-refractivity contribution >= 4 is 17.7 Å². The van der Waals surface area contributed by atoms with E-state index >= 15 is 0 Å². The van der Waals surface area contributed by atoms with Gasteiger partial charge in [0.2, 0.25) is 5.91 Å². The van der Waals surface area contributed by atoms with E-state index in [1.54, 1.807) is 26.2 Å². The van der Waals surface area contributed by atoms with Crippen LogP contribution in [0, 0.1) is 5.92 Å². The molecule has 1 unspecified atom stereocenters. The van der Waals surface area contributed by atoms with Gasteiger partial charge in [-0.3, -0.25) is 4.79 Å². The molecule has 0 bridgehead atoms. The van der Waals surface area contributed by atoms with E-state index in [9.17, 15) is 9.59 Å². The first kappa shape index (κ1) is 15.8. The molecule has 0 radical (unpaired) electrons. The van der Waals surface area contributed by atoms with Gasteiger partial charge in [-0.05, 0) is 24.1 Å². The summed E-state index contributed by atoms with van der Waals surface area (Å²) in [4.78, 5) is 25.7. The molecule has 1 atom stereocenters. The Balaban J connectivity index is 2.87. The highest BCUT2D eigenvalue weighted by atomic mass is 16.4. The third kappa shape index (κ3) is 4.46. The number of hydrogen-bond acceptors (Lipinski definition) is 3. The Morgan fingerprint density at radius 1 is 1.30 bits per heavy atom. The highest BCUT2D eigenvalue weighted by molar-refractivity contribution is 5.79. The average Bonchev–Trinajstić information content (AvgIpc) is 2.36. The van der Waals surface area contributed by atoms with Crippen molar-refractivity contribution in [2.75, 3.05) is 33.4 Å². The van der Waals surface area contributed by atoms with Crippen LogP contribution in [0.15, 0.2) is 24.3 Å². The third-order valence-corrected chi connectivity index (χ3v) is 3.04. The van der Waals surface area contributed by atoms with Crippen LogP contribution in [-0.2, 0) is 11.2 Å². The predicted molar refractivity (Wildman–Crippen MR) is 77.4 cm³/mol. The zero-order chi connectivity index (χ0) is 15.3. The summed E-state index contributed by atoms with van der Waals surface area (Å²) in [6.07, 6.45) is -0.589. The molecule has 20 heavy (non-hydrogen) atoms. The SMILES string of the molecule is CN(C)C(=O)C(Cc1cccc(N)c1)CN(C)C(=O)O. The van der Waals surface area contributed by atoms with Crippen molar-refractivity contribution in [1.29, 1.82) is 0 Å². The maximum Gasteiger partial charge on any atom is 0.407 e. The van der Waals surface area contributed by atoms with Gasteiger partial charge < -0.3 is 20.6 Å². The first-order chi connectivity index (χ1) is 9.31. The fourth-order valence-electron chi connectivity index (χ4n) is 2.01. The van der Waals surface area contributed by atoms with Crippen LogP contribution in [0.4, 0.5) is 10.5 Å². The van der Waals surface area contributed by atoms with Gasteiger partial charge in [-0.1, -0.05) is 12.1 Å². The molecule has 110 valence electrons. The first-order valence-corrected chi connectivity index (χ1v) is 6.31. The molecule has 0 aliphatic rings. The third-order valence-electron chi connectivity index (χ3n) is 3.04. The van der Waals surface area contributed by atoms with Gasteiger partial charge in [0.15, 0.2) is 0 Å². The molecule has 0 aromatic heterocycles. The van der Waals surface area contributed by atoms with Gasteiger partial charge in [-0.25, -0.2) is 4.79 Å². The minimum absolute atomic E-state index is 0.0967. The van der Waals surface area contributed by atoms with Crippen LogP contribution in [0.3, 0.4) is 0 Å². The summed E-state index contributed by atoms with van der Waals surface area (Å²) in [5, 5.41) is 8.94. The number of benzene rings is 1. The highest BCUT2D eigenvalue weighted by Crippen LogP contribution is 2.15. The molecule has 6 heteroatoms. The molecule has 0 saturated carbocycles. The number of hydrogen-bond donors (Lipinski definition) is 2. The van der Waals surface area contributed by atoms with E-state index in [1.165, 1.54) is 11.9 Å². The van der Waals surface area contributed by atoms with E-state index < -0.39 is 12.0 Å². The maximum atomic E-state index is 12.2. The monoisotopic (exact) mass is 279 g/mol. The quantitative estimate of drug-likeness (QED) is 0.791. The van der Waals surface area contributed by atoms with Crippen molar-refractivity contribution in [3.05, 3.63) is 29.8 Å². The summed E-state index contributed by atoms with van der Waals surface area (Å²) in [6, 6.07) is 7.28. The van der Waals surface area contributed by atoms with E-state index in [-0.39, 0.29) is 12.5 Å². The van der Waals surface area contributed by atoms with Gasteiger partial charge in [-0.15, -0.1) is 0 Å². The molecular formula is C14H21N3O3. The Kier molecular flexibility index (Phi) is 5.37. The Labute approximate surface area is 118 Å². The van der Waals surface area contributed by atoms with Crippen LogP contribution in [0.5, 0.6) is 0 Å². The summed E-state index contributed by atoms with van der Waals surface area (Å²) in [6.45, 7) is 0.154. The summed E-state index contributed by atoms with van der Waals surface area (Å²) < 4.78 is 0. The number of carbonyl (C=O) groups excluding carboxylic acids is 1. The normalized spacial score (nSPS) is 11.8. The lowest BCUT2D eigenvalue weighted by molar-refractivity contribution is -0.133. The van der Waals surface area contributed by atoms with Crippen LogP contribution in [0.2, 0.25) is 0 Å². The molecule has 1 aromatic rings. The number of carboxylic acid groups (broad SMARTS) is 1. The molecule has 0 fully saturated rings. The van der Waals surface area contributed by atoms with Gasteiger partial charge in [0.05, 0.1) is 5.92 Å². The minimum Gasteiger partial charge on any atom is -0.465 e. The molecule has 0 spiro atoms. The Morgan fingerprint density at radius 3 is 2.45 bits per heavy atom. The Bertz CT molecular complexity index is 488. The zero-order valence-electron chi connectivity index (χ0n) is 12.0. The first-order valence-electron chi connectivity index (χ1n) is 6.31. The van der Waals surface area contributed by atoms with Gasteiger partial charge in [0.25, 0.3) is 0 Å². The van der Waals surface area contributed by atoms with Crippen LogP contribution in [0.25, 0.3) is 0 Å². The van der Waals surface area contributed by atoms with E-state index in [0.29, 0.717) is 12.1 Å². The van der Waals surface area contributed by atoms with Crippen molar-refractivity contribution in [1.82, 2.24) is 9.80 Å². The molecule has 1 aromatic carbocycles. The fraction of sp³-hybridized carbons (Fsp3) is 0.429. The van der Waals surface area contributed by atoms with E-state index in [4.69, 9.17) is 10.8 Å². The van der Waals surface area contributed by atoms with E-state index in [2.05, 4.69) is 0 Å². The predicted octanol–water partition coefficient (Wildman–Crippen LogP) is 1.13. The molecular weight excluding hydrogens is 258 g/mol. The molecule has 0 aliphatic heterocycles. The number of nitrogens with two attached hydrogens (primary N) is 1. The van der Waals surface area contributed by atoms with Gasteiger partial charge in [0, 0.05) is 33.4 Å². The second kappa shape index (κ2) is 6.79. The van der Waals surface area contributed by atoms with Crippen LogP contribution in [0.1, 0.15) is 5.56 Å². The summed E-state index contributed by atoms with van der Waals surface area (Å²) in [5.41, 5.74) is 7.27. The van der Waals surface area contributed by atoms with Crippen LogP contribution >= 0.6 is 0 Å². The number of nitrogens with zero attached hydrogens (tertiary/aromatic N) is 2. The molecule has 0 heterocycles. The molecule has 2 amide bonds. The molecule has 0 saturated heterocycles. The lowest BCUT2D eigenvalue weighted by atomic mass is 9.97. The van der Waals surface area contributed by atoms with Gasteiger partial charge in [-0.2, -0.15) is 0 Å². The fourth-order valence-corrected chi connectivity index (χ4v) is 2.01. The summed E-state index contributed by atoms with van der Waals surface area (Å²) >= 11 is 0. The van der Waals surface area contributed by atoms with Crippen molar-refractivity contribution in [2.24, 2.45) is 5.92 Å². The van der Waals surface area contributed by atoms with Crippen LogP contribution in [-0.4, -0.2) is 54.6 Å². The largest absolute Gasteiger partial charge is 0.465 e. The van der Waals surface area contributed by atoms with Gasteiger partial charge >= 0.3 is 6.09 Å². The summed E-state index contributed by atoms with van der Waals surface area (Å²) in [5.74, 6) is -0.520. The molecule has 6 nitrogen and oxygen atoms in total. The standard InChI is InChI=1S/C14H21N3O3/c1-16(2)13(18)11(9-17(3)14(19)20)7-10-5-4-6-12(15)8-10/h4-6,8,11H,7,9,15H2,1-3H3,(H,19,20). The maximum absolute atomic E-state index is 12.2. The zero-order valence-corrected chi connectivity index (χ0v) is 12.0. The number of rotatable bonds is 5. The number of carbonyl (C=O) groups is 2.